The summed E-state index contributed by atoms with van der Waals surface area (Å²) in [5.74, 6) is -1.34. The summed E-state index contributed by atoms with van der Waals surface area (Å²) in [4.78, 5) is 20.7. The quantitative estimate of drug-likeness (QED) is 0.312. The van der Waals surface area contributed by atoms with Gasteiger partial charge in [-0.05, 0) is 80.6 Å². The van der Waals surface area contributed by atoms with E-state index in [1.54, 1.807) is 25.1 Å². The molecule has 4 rings (SSSR count). The summed E-state index contributed by atoms with van der Waals surface area (Å²) in [6.45, 7) is 2.89. The van der Waals surface area contributed by atoms with Crippen molar-refractivity contribution in [2.75, 3.05) is 20.9 Å². The van der Waals surface area contributed by atoms with E-state index in [1.807, 2.05) is 6.92 Å². The van der Waals surface area contributed by atoms with Gasteiger partial charge in [-0.15, -0.1) is 0 Å². The number of hydrogen-bond acceptors (Lipinski definition) is 7. The highest BCUT2D eigenvalue weighted by Crippen LogP contribution is 2.25. The first-order valence-electron chi connectivity index (χ1n) is 11.5. The normalized spacial score (nSPS) is 11.6. The fraction of sp³-hybridized carbons (Fsp3) is 0.115. The summed E-state index contributed by atoms with van der Waals surface area (Å²) >= 11 is 0. The average Bonchev–Trinajstić information content (AvgIpc) is 2.88. The Hall–Kier alpha value is -4.36. The van der Waals surface area contributed by atoms with Crippen molar-refractivity contribution in [1.82, 2.24) is 9.97 Å². The van der Waals surface area contributed by atoms with Crippen LogP contribution in [0, 0.1) is 19.7 Å². The number of nitrogens with one attached hydrogen (secondary N) is 2. The third-order valence-corrected chi connectivity index (χ3v) is 8.61. The standard InChI is InChI=1S/C26H24FN5O5S2/c1-18-3-11-24(12-4-18)39(36,37)32(22-9-5-20(27)6-10-22)17-25(33)30-21-7-13-23(14-8-21)38(34,35)31-26-28-16-15-19(2)29-26/h3-16H,17H2,1-2H3,(H,30,33)(H,28,29,31). The summed E-state index contributed by atoms with van der Waals surface area (Å²) < 4.78 is 68.8. The lowest BCUT2D eigenvalue weighted by Crippen LogP contribution is -2.38. The van der Waals surface area contributed by atoms with Crippen molar-refractivity contribution in [1.29, 1.82) is 0 Å². The molecular formula is C26H24FN5O5S2. The zero-order valence-corrected chi connectivity index (χ0v) is 22.5. The highest BCUT2D eigenvalue weighted by Gasteiger charge is 2.27. The number of benzene rings is 3. The largest absolute Gasteiger partial charge is 0.325 e. The van der Waals surface area contributed by atoms with Gasteiger partial charge in [0.05, 0.1) is 15.5 Å². The van der Waals surface area contributed by atoms with Crippen molar-refractivity contribution in [3.8, 4) is 0 Å². The molecule has 0 saturated heterocycles. The van der Waals surface area contributed by atoms with Crippen molar-refractivity contribution in [2.45, 2.75) is 23.6 Å². The fourth-order valence-electron chi connectivity index (χ4n) is 3.49. The van der Waals surface area contributed by atoms with Gasteiger partial charge < -0.3 is 5.32 Å². The van der Waals surface area contributed by atoms with Gasteiger partial charge >= 0.3 is 0 Å². The van der Waals surface area contributed by atoms with E-state index in [-0.39, 0.29) is 27.1 Å². The molecule has 1 amide bonds. The van der Waals surface area contributed by atoms with E-state index < -0.39 is 38.3 Å². The van der Waals surface area contributed by atoms with Crippen molar-refractivity contribution in [2.24, 2.45) is 0 Å². The fourth-order valence-corrected chi connectivity index (χ4v) is 5.86. The predicted octanol–water partition coefficient (Wildman–Crippen LogP) is 3.87. The minimum absolute atomic E-state index is 0.0372. The molecule has 4 aromatic rings. The van der Waals surface area contributed by atoms with E-state index in [0.29, 0.717) is 5.69 Å². The van der Waals surface area contributed by atoms with Gasteiger partial charge in [-0.25, -0.2) is 35.9 Å². The van der Waals surface area contributed by atoms with Crippen LogP contribution in [0.2, 0.25) is 0 Å². The number of rotatable bonds is 9. The van der Waals surface area contributed by atoms with E-state index in [0.717, 1.165) is 22.0 Å². The van der Waals surface area contributed by atoms with Gasteiger partial charge in [0, 0.05) is 17.6 Å². The predicted molar refractivity (Wildman–Crippen MR) is 145 cm³/mol. The number of aryl methyl sites for hydroxylation is 2. The van der Waals surface area contributed by atoms with Gasteiger partial charge in [-0.1, -0.05) is 17.7 Å². The van der Waals surface area contributed by atoms with Gasteiger partial charge in [0.15, 0.2) is 0 Å². The monoisotopic (exact) mass is 569 g/mol. The van der Waals surface area contributed by atoms with Gasteiger partial charge in [-0.3, -0.25) is 9.10 Å². The minimum atomic E-state index is -4.18. The Morgan fingerprint density at radius 1 is 0.846 bits per heavy atom. The number of halogens is 1. The van der Waals surface area contributed by atoms with Gasteiger partial charge in [0.1, 0.15) is 12.4 Å². The van der Waals surface area contributed by atoms with E-state index in [2.05, 4.69) is 20.0 Å². The smallest absolute Gasteiger partial charge is 0.264 e. The lowest BCUT2D eigenvalue weighted by Gasteiger charge is -2.24. The van der Waals surface area contributed by atoms with E-state index >= 15 is 0 Å². The van der Waals surface area contributed by atoms with E-state index in [1.165, 1.54) is 54.7 Å². The first-order valence-corrected chi connectivity index (χ1v) is 14.4. The van der Waals surface area contributed by atoms with Crippen molar-refractivity contribution >= 4 is 43.3 Å². The van der Waals surface area contributed by atoms with Crippen LogP contribution in [0.5, 0.6) is 0 Å². The van der Waals surface area contributed by atoms with Crippen LogP contribution in [-0.4, -0.2) is 39.3 Å². The molecule has 0 unspecified atom stereocenters. The summed E-state index contributed by atoms with van der Waals surface area (Å²) in [5, 5.41) is 2.56. The summed E-state index contributed by atoms with van der Waals surface area (Å²) in [6.07, 6.45) is 1.42. The van der Waals surface area contributed by atoms with Crippen LogP contribution in [-0.2, 0) is 24.8 Å². The second-order valence-corrected chi connectivity index (χ2v) is 12.0. The zero-order chi connectivity index (χ0) is 28.2. The van der Waals surface area contributed by atoms with E-state index in [9.17, 15) is 26.0 Å². The van der Waals surface area contributed by atoms with Crippen LogP contribution in [0.3, 0.4) is 0 Å². The van der Waals surface area contributed by atoms with Crippen LogP contribution in [0.15, 0.2) is 94.9 Å². The molecule has 202 valence electrons. The lowest BCUT2D eigenvalue weighted by molar-refractivity contribution is -0.114. The number of carbonyl (C=O) groups is 1. The third-order valence-electron chi connectivity index (χ3n) is 5.48. The molecule has 0 atom stereocenters. The van der Waals surface area contributed by atoms with Gasteiger partial charge in [-0.2, -0.15) is 0 Å². The van der Waals surface area contributed by atoms with Crippen LogP contribution >= 0.6 is 0 Å². The highest BCUT2D eigenvalue weighted by atomic mass is 32.2. The Balaban J connectivity index is 1.52. The van der Waals surface area contributed by atoms with Crippen LogP contribution in [0.1, 0.15) is 11.3 Å². The lowest BCUT2D eigenvalue weighted by atomic mass is 10.2. The molecule has 1 aromatic heterocycles. The molecule has 0 radical (unpaired) electrons. The van der Waals surface area contributed by atoms with Gasteiger partial charge in [0.2, 0.25) is 11.9 Å². The molecule has 3 aromatic carbocycles. The summed E-state index contributed by atoms with van der Waals surface area (Å²) in [7, 11) is -8.17. The Labute approximate surface area is 225 Å². The van der Waals surface area contributed by atoms with Crippen molar-refractivity contribution in [3.05, 3.63) is 102 Å². The molecule has 0 fully saturated rings. The Morgan fingerprint density at radius 3 is 2.08 bits per heavy atom. The summed E-state index contributed by atoms with van der Waals surface area (Å²) in [6, 6.07) is 17.7. The SMILES string of the molecule is Cc1ccc(S(=O)(=O)N(CC(=O)Nc2ccc(S(=O)(=O)Nc3nccc(C)n3)cc2)c2ccc(F)cc2)cc1. The van der Waals surface area contributed by atoms with Crippen molar-refractivity contribution in [3.63, 3.8) is 0 Å². The molecule has 10 nitrogen and oxygen atoms in total. The third kappa shape index (κ3) is 6.75. The number of carbonyl (C=O) groups excluding carboxylic acids is 1. The molecule has 0 bridgehead atoms. The average molecular weight is 570 g/mol. The first-order chi connectivity index (χ1) is 18.4. The number of hydrogen-bond donors (Lipinski definition) is 2. The molecule has 39 heavy (non-hydrogen) atoms. The molecule has 0 aliphatic carbocycles. The highest BCUT2D eigenvalue weighted by molar-refractivity contribution is 7.93. The minimum Gasteiger partial charge on any atom is -0.325 e. The Bertz CT molecular complexity index is 1700. The molecular weight excluding hydrogens is 545 g/mol. The molecule has 13 heteroatoms. The number of nitrogens with zero attached hydrogens (tertiary/aromatic N) is 3. The molecule has 0 aliphatic rings. The second-order valence-electron chi connectivity index (χ2n) is 8.50. The molecule has 0 spiro atoms. The number of anilines is 3. The van der Waals surface area contributed by atoms with Gasteiger partial charge in [0.25, 0.3) is 20.0 Å². The maximum Gasteiger partial charge on any atom is 0.264 e. The molecule has 0 saturated carbocycles. The summed E-state index contributed by atoms with van der Waals surface area (Å²) in [5.41, 5.74) is 1.77. The van der Waals surface area contributed by atoms with Crippen LogP contribution in [0.4, 0.5) is 21.7 Å². The van der Waals surface area contributed by atoms with Crippen LogP contribution < -0.4 is 14.3 Å². The topological polar surface area (TPSA) is 138 Å². The van der Waals surface area contributed by atoms with E-state index in [4.69, 9.17) is 0 Å². The number of amides is 1. The Morgan fingerprint density at radius 2 is 1.46 bits per heavy atom. The maximum atomic E-state index is 13.5. The van der Waals surface area contributed by atoms with Crippen molar-refractivity contribution < 1.29 is 26.0 Å². The first kappa shape index (κ1) is 27.7. The zero-order valence-electron chi connectivity index (χ0n) is 20.9. The Kier molecular flexibility index (Phi) is 7.93. The second kappa shape index (κ2) is 11.2. The number of aromatic nitrogens is 2. The molecule has 2 N–H and O–H groups in total. The maximum absolute atomic E-state index is 13.5. The molecule has 0 aliphatic heterocycles. The van der Waals surface area contributed by atoms with Crippen LogP contribution in [0.25, 0.3) is 0 Å². The number of sulfonamides is 2. The molecule has 1 heterocycles.